The Balaban J connectivity index is 1.68. The van der Waals surface area contributed by atoms with Crippen LogP contribution in [0.2, 0.25) is 0 Å². The summed E-state index contributed by atoms with van der Waals surface area (Å²) < 4.78 is 29.0. The Kier molecular flexibility index (Phi) is 10.6. The zero-order valence-corrected chi connectivity index (χ0v) is 19.3. The van der Waals surface area contributed by atoms with Crippen LogP contribution in [-0.2, 0) is 38.1 Å². The normalized spacial score (nSPS) is 9.94. The third kappa shape index (κ3) is 9.25. The molecule has 0 fully saturated rings. The highest BCUT2D eigenvalue weighted by Gasteiger charge is 2.18. The Morgan fingerprint density at radius 2 is 0.917 bits per heavy atom. The summed E-state index contributed by atoms with van der Waals surface area (Å²) >= 11 is 0. The summed E-state index contributed by atoms with van der Waals surface area (Å²) in [5.41, 5.74) is -0.112. The van der Waals surface area contributed by atoms with Crippen molar-refractivity contribution < 1.29 is 57.2 Å². The van der Waals surface area contributed by atoms with Crippen LogP contribution < -0.4 is 9.47 Å². The van der Waals surface area contributed by atoms with Gasteiger partial charge in [-0.05, 0) is 24.3 Å². The van der Waals surface area contributed by atoms with E-state index in [1.165, 1.54) is 50.2 Å². The number of ether oxygens (including phenoxy) is 6. The first-order valence-corrected chi connectivity index (χ1v) is 10.4. The molecule has 0 atom stereocenters. The maximum Gasteiger partial charge on any atom is 0.344 e. The third-order valence-electron chi connectivity index (χ3n) is 3.97. The fourth-order valence-electron chi connectivity index (χ4n) is 2.56. The van der Waals surface area contributed by atoms with Crippen molar-refractivity contribution >= 4 is 35.8 Å². The number of hydrogen-bond acceptors (Lipinski definition) is 12. The zero-order chi connectivity index (χ0) is 26.5. The molecular formula is C24H22O12. The molecule has 0 aliphatic carbocycles. The Bertz CT molecular complexity index is 1050. The number of esters is 6. The van der Waals surface area contributed by atoms with Crippen LogP contribution in [0.4, 0.5) is 0 Å². The molecule has 0 unspecified atom stereocenters. The van der Waals surface area contributed by atoms with Crippen LogP contribution in [0.5, 0.6) is 11.5 Å². The number of carbonyl (C=O) groups is 6. The van der Waals surface area contributed by atoms with Crippen LogP contribution in [0.3, 0.4) is 0 Å². The molecule has 36 heavy (non-hydrogen) atoms. The van der Waals surface area contributed by atoms with Gasteiger partial charge in [0.25, 0.3) is 0 Å². The van der Waals surface area contributed by atoms with Gasteiger partial charge in [-0.3, -0.25) is 9.59 Å². The molecule has 0 saturated heterocycles. The van der Waals surface area contributed by atoms with Gasteiger partial charge < -0.3 is 28.4 Å². The number of benzene rings is 2. The molecule has 190 valence electrons. The lowest BCUT2D eigenvalue weighted by atomic mass is 10.2. The van der Waals surface area contributed by atoms with Gasteiger partial charge in [-0.15, -0.1) is 0 Å². The Morgan fingerprint density at radius 3 is 1.28 bits per heavy atom. The van der Waals surface area contributed by atoms with E-state index in [0.717, 1.165) is 0 Å². The number of para-hydroxylation sites is 2. The third-order valence-corrected chi connectivity index (χ3v) is 3.97. The Morgan fingerprint density at radius 1 is 0.556 bits per heavy atom. The Labute approximate surface area is 205 Å². The van der Waals surface area contributed by atoms with E-state index in [1.54, 1.807) is 12.1 Å². The van der Waals surface area contributed by atoms with E-state index in [9.17, 15) is 28.8 Å². The molecule has 2 rings (SSSR count). The summed E-state index contributed by atoms with van der Waals surface area (Å²) in [6.45, 7) is 0.161. The summed E-state index contributed by atoms with van der Waals surface area (Å²) in [5, 5.41) is 0. The second kappa shape index (κ2) is 13.8. The molecule has 0 aliphatic rings. The number of hydrogen-bond donors (Lipinski definition) is 0. The standard InChI is InChI=1S/C24H22O12/c1-15(25)35-19-9-5-3-7-17(19)23(29)33-13-21(27)31-11-12-32-22(28)14-34-24(30)18-8-4-6-10-20(18)36-16(2)26/h3-10H,11-14H2,1-2H3. The van der Waals surface area contributed by atoms with Gasteiger partial charge in [-0.25, -0.2) is 19.2 Å². The molecule has 0 amide bonds. The molecule has 0 radical (unpaired) electrons. The predicted molar refractivity (Wildman–Crippen MR) is 118 cm³/mol. The molecule has 0 aromatic heterocycles. The average Bonchev–Trinajstić information content (AvgIpc) is 2.83. The summed E-state index contributed by atoms with van der Waals surface area (Å²) in [5.74, 6) is -4.97. The van der Waals surface area contributed by atoms with E-state index >= 15 is 0 Å². The monoisotopic (exact) mass is 502 g/mol. The number of rotatable bonds is 11. The SMILES string of the molecule is CC(=O)Oc1ccccc1C(=O)OCC(=O)OCCOC(=O)COC(=O)c1ccccc1OC(C)=O. The fraction of sp³-hybridized carbons (Fsp3) is 0.250. The van der Waals surface area contributed by atoms with E-state index in [2.05, 4.69) is 0 Å². The van der Waals surface area contributed by atoms with E-state index in [4.69, 9.17) is 28.4 Å². The van der Waals surface area contributed by atoms with Crippen molar-refractivity contribution in [3.05, 3.63) is 59.7 Å². The van der Waals surface area contributed by atoms with Crippen molar-refractivity contribution in [3.8, 4) is 11.5 Å². The fourth-order valence-corrected chi connectivity index (χ4v) is 2.56. The maximum absolute atomic E-state index is 12.1. The van der Waals surface area contributed by atoms with Gasteiger partial charge in [-0.2, -0.15) is 0 Å². The van der Waals surface area contributed by atoms with Gasteiger partial charge in [0.05, 0.1) is 0 Å². The summed E-state index contributed by atoms with van der Waals surface area (Å²) in [4.78, 5) is 69.9. The molecule has 0 heterocycles. The molecule has 0 bridgehead atoms. The van der Waals surface area contributed by atoms with Crippen molar-refractivity contribution in [1.82, 2.24) is 0 Å². The van der Waals surface area contributed by atoms with Gasteiger partial charge >= 0.3 is 35.8 Å². The highest BCUT2D eigenvalue weighted by molar-refractivity contribution is 5.95. The largest absolute Gasteiger partial charge is 0.460 e. The zero-order valence-electron chi connectivity index (χ0n) is 19.3. The minimum Gasteiger partial charge on any atom is -0.460 e. The van der Waals surface area contributed by atoms with Crippen LogP contribution in [0, 0.1) is 0 Å². The lowest BCUT2D eigenvalue weighted by Gasteiger charge is -2.10. The van der Waals surface area contributed by atoms with E-state index in [0.29, 0.717) is 0 Å². The average molecular weight is 502 g/mol. The maximum atomic E-state index is 12.1. The van der Waals surface area contributed by atoms with Crippen molar-refractivity contribution in [2.45, 2.75) is 13.8 Å². The number of carbonyl (C=O) groups excluding carboxylic acids is 6. The molecule has 12 heteroatoms. The first kappa shape index (κ1) is 27.5. The Hall–Kier alpha value is -4.74. The highest BCUT2D eigenvalue weighted by Crippen LogP contribution is 2.20. The summed E-state index contributed by atoms with van der Waals surface area (Å²) in [7, 11) is 0. The molecule has 2 aromatic rings. The lowest BCUT2D eigenvalue weighted by molar-refractivity contribution is -0.155. The first-order chi connectivity index (χ1) is 17.2. The topological polar surface area (TPSA) is 158 Å². The van der Waals surface area contributed by atoms with Crippen molar-refractivity contribution in [2.75, 3.05) is 26.4 Å². The molecule has 0 aliphatic heterocycles. The highest BCUT2D eigenvalue weighted by atomic mass is 16.6. The lowest BCUT2D eigenvalue weighted by Crippen LogP contribution is -2.22. The van der Waals surface area contributed by atoms with Crippen molar-refractivity contribution in [2.24, 2.45) is 0 Å². The van der Waals surface area contributed by atoms with Crippen LogP contribution in [0.1, 0.15) is 34.6 Å². The first-order valence-electron chi connectivity index (χ1n) is 10.4. The van der Waals surface area contributed by atoms with Crippen molar-refractivity contribution in [1.29, 1.82) is 0 Å². The van der Waals surface area contributed by atoms with Gasteiger partial charge in [0.2, 0.25) is 0 Å². The molecule has 2 aromatic carbocycles. The summed E-state index contributed by atoms with van der Waals surface area (Å²) in [6.07, 6.45) is 0. The van der Waals surface area contributed by atoms with Gasteiger partial charge in [0.15, 0.2) is 13.2 Å². The van der Waals surface area contributed by atoms with E-state index in [-0.39, 0.29) is 35.8 Å². The van der Waals surface area contributed by atoms with Crippen LogP contribution in [-0.4, -0.2) is 62.2 Å². The van der Waals surface area contributed by atoms with E-state index < -0.39 is 49.0 Å². The predicted octanol–water partition coefficient (Wildman–Crippen LogP) is 1.64. The molecule has 0 spiro atoms. The van der Waals surface area contributed by atoms with Gasteiger partial charge in [0.1, 0.15) is 35.8 Å². The smallest absolute Gasteiger partial charge is 0.344 e. The van der Waals surface area contributed by atoms with Gasteiger partial charge in [0, 0.05) is 13.8 Å². The molecule has 12 nitrogen and oxygen atoms in total. The minimum atomic E-state index is -0.919. The van der Waals surface area contributed by atoms with Crippen molar-refractivity contribution in [3.63, 3.8) is 0 Å². The second-order valence-electron chi connectivity index (χ2n) is 6.77. The summed E-state index contributed by atoms with van der Waals surface area (Å²) in [6, 6.07) is 11.6. The van der Waals surface area contributed by atoms with Crippen LogP contribution >= 0.6 is 0 Å². The quantitative estimate of drug-likeness (QED) is 0.190. The second-order valence-corrected chi connectivity index (χ2v) is 6.77. The van der Waals surface area contributed by atoms with Gasteiger partial charge in [-0.1, -0.05) is 24.3 Å². The minimum absolute atomic E-state index is 0.0224. The molecule has 0 saturated carbocycles. The van der Waals surface area contributed by atoms with Crippen LogP contribution in [0.25, 0.3) is 0 Å². The van der Waals surface area contributed by atoms with Crippen LogP contribution in [0.15, 0.2) is 48.5 Å². The molecular weight excluding hydrogens is 480 g/mol. The van der Waals surface area contributed by atoms with E-state index in [1.807, 2.05) is 0 Å². The molecule has 0 N–H and O–H groups in total.